The molecule has 1 heterocycles. The molecule has 16 heavy (non-hydrogen) atoms. The molecule has 4 nitrogen and oxygen atoms in total. The number of benzene rings is 1. The summed E-state index contributed by atoms with van der Waals surface area (Å²) in [6, 6.07) is 5.98. The topological polar surface area (TPSA) is 55.6 Å². The van der Waals surface area contributed by atoms with Gasteiger partial charge in [0.25, 0.3) is 0 Å². The van der Waals surface area contributed by atoms with E-state index < -0.39 is 0 Å². The third-order valence-corrected chi connectivity index (χ3v) is 2.79. The van der Waals surface area contributed by atoms with Gasteiger partial charge in [0.05, 0.1) is 13.1 Å². The van der Waals surface area contributed by atoms with Crippen LogP contribution in [-0.2, 0) is 11.3 Å². The minimum atomic E-state index is -0.0297. The molecule has 1 amide bonds. The van der Waals surface area contributed by atoms with E-state index in [4.69, 9.17) is 10.5 Å². The number of ether oxygens (including phenoxy) is 1. The summed E-state index contributed by atoms with van der Waals surface area (Å²) < 4.78 is 5.67. The number of aryl methyl sites for hydroxylation is 1. The van der Waals surface area contributed by atoms with Gasteiger partial charge in [0.1, 0.15) is 12.4 Å². The van der Waals surface area contributed by atoms with Crippen molar-refractivity contribution in [3.63, 3.8) is 0 Å². The van der Waals surface area contributed by atoms with Gasteiger partial charge in [-0.2, -0.15) is 0 Å². The molecule has 0 saturated carbocycles. The molecular formula is C12H16N2O2. The van der Waals surface area contributed by atoms with Crippen LogP contribution in [-0.4, -0.2) is 30.5 Å². The first kappa shape index (κ1) is 11.0. The second-order valence-corrected chi connectivity index (χ2v) is 3.93. The Labute approximate surface area is 95.0 Å². The van der Waals surface area contributed by atoms with Crippen molar-refractivity contribution in [3.05, 3.63) is 29.3 Å². The number of hydrogen-bond acceptors (Lipinski definition) is 3. The van der Waals surface area contributed by atoms with Gasteiger partial charge in [-0.05, 0) is 12.5 Å². The van der Waals surface area contributed by atoms with E-state index in [-0.39, 0.29) is 12.5 Å². The van der Waals surface area contributed by atoms with Crippen LogP contribution in [0.5, 0.6) is 5.75 Å². The van der Waals surface area contributed by atoms with Gasteiger partial charge in [0, 0.05) is 12.1 Å². The lowest BCUT2D eigenvalue weighted by molar-refractivity contribution is -0.130. The molecule has 0 radical (unpaired) electrons. The van der Waals surface area contributed by atoms with Gasteiger partial charge in [-0.3, -0.25) is 4.79 Å². The molecule has 0 unspecified atom stereocenters. The van der Waals surface area contributed by atoms with Crippen LogP contribution in [0.15, 0.2) is 18.2 Å². The standard InChI is InChI=1S/C12H16N2O2/c1-9-3-2-4-10-8-14(11(15)7-13)5-6-16-12(9)10/h2-4H,5-8,13H2,1H3. The summed E-state index contributed by atoms with van der Waals surface area (Å²) in [5.74, 6) is 0.882. The van der Waals surface area contributed by atoms with Crippen molar-refractivity contribution in [3.8, 4) is 5.75 Å². The van der Waals surface area contributed by atoms with E-state index in [2.05, 4.69) is 0 Å². The van der Waals surface area contributed by atoms with Crippen LogP contribution in [0.4, 0.5) is 0 Å². The van der Waals surface area contributed by atoms with Gasteiger partial charge in [-0.1, -0.05) is 18.2 Å². The zero-order valence-electron chi connectivity index (χ0n) is 9.40. The zero-order valence-corrected chi connectivity index (χ0v) is 9.40. The summed E-state index contributed by atoms with van der Waals surface area (Å²) in [5, 5.41) is 0. The Balaban J connectivity index is 2.28. The van der Waals surface area contributed by atoms with Crippen LogP contribution in [0.3, 0.4) is 0 Å². The molecule has 86 valence electrons. The van der Waals surface area contributed by atoms with Crippen molar-refractivity contribution in [2.45, 2.75) is 13.5 Å². The number of carbonyl (C=O) groups excluding carboxylic acids is 1. The molecular weight excluding hydrogens is 204 g/mol. The van der Waals surface area contributed by atoms with Crippen molar-refractivity contribution < 1.29 is 9.53 Å². The SMILES string of the molecule is Cc1cccc2c1OCCN(C(=O)CN)C2. The lowest BCUT2D eigenvalue weighted by atomic mass is 10.1. The molecule has 0 saturated heterocycles. The third-order valence-electron chi connectivity index (χ3n) is 2.79. The van der Waals surface area contributed by atoms with Crippen molar-refractivity contribution >= 4 is 5.91 Å². The fourth-order valence-corrected chi connectivity index (χ4v) is 1.93. The van der Waals surface area contributed by atoms with E-state index in [1.165, 1.54) is 0 Å². The van der Waals surface area contributed by atoms with E-state index in [1.54, 1.807) is 4.90 Å². The normalized spacial score (nSPS) is 15.0. The number of fused-ring (bicyclic) bond motifs is 1. The number of para-hydroxylation sites is 1. The Morgan fingerprint density at radius 1 is 1.56 bits per heavy atom. The summed E-state index contributed by atoms with van der Waals surface area (Å²) in [7, 11) is 0. The average molecular weight is 220 g/mol. The fraction of sp³-hybridized carbons (Fsp3) is 0.417. The lowest BCUT2D eigenvalue weighted by Crippen LogP contribution is -2.36. The van der Waals surface area contributed by atoms with Crippen molar-refractivity contribution in [1.29, 1.82) is 0 Å². The van der Waals surface area contributed by atoms with Crippen LogP contribution < -0.4 is 10.5 Å². The maximum atomic E-state index is 11.6. The number of carbonyl (C=O) groups is 1. The molecule has 0 atom stereocenters. The van der Waals surface area contributed by atoms with E-state index >= 15 is 0 Å². The van der Waals surface area contributed by atoms with Gasteiger partial charge >= 0.3 is 0 Å². The van der Waals surface area contributed by atoms with Gasteiger partial charge in [-0.25, -0.2) is 0 Å². The Bertz CT molecular complexity index is 404. The fourth-order valence-electron chi connectivity index (χ4n) is 1.93. The van der Waals surface area contributed by atoms with Crippen LogP contribution in [0.1, 0.15) is 11.1 Å². The Hall–Kier alpha value is -1.55. The average Bonchev–Trinajstić information content (AvgIpc) is 2.51. The molecule has 2 N–H and O–H groups in total. The summed E-state index contributed by atoms with van der Waals surface area (Å²) >= 11 is 0. The highest BCUT2D eigenvalue weighted by molar-refractivity contribution is 5.78. The first-order valence-electron chi connectivity index (χ1n) is 5.41. The molecule has 0 spiro atoms. The molecule has 0 aliphatic carbocycles. The molecule has 2 rings (SSSR count). The van der Waals surface area contributed by atoms with E-state index in [0.29, 0.717) is 19.7 Å². The van der Waals surface area contributed by atoms with Gasteiger partial charge in [0.15, 0.2) is 0 Å². The van der Waals surface area contributed by atoms with Crippen molar-refractivity contribution in [1.82, 2.24) is 4.90 Å². The van der Waals surface area contributed by atoms with Crippen LogP contribution in [0.2, 0.25) is 0 Å². The highest BCUT2D eigenvalue weighted by atomic mass is 16.5. The first-order valence-corrected chi connectivity index (χ1v) is 5.41. The Morgan fingerprint density at radius 2 is 2.38 bits per heavy atom. The summed E-state index contributed by atoms with van der Waals surface area (Å²) in [5.41, 5.74) is 7.54. The quantitative estimate of drug-likeness (QED) is 0.757. The van der Waals surface area contributed by atoms with E-state index in [0.717, 1.165) is 16.9 Å². The van der Waals surface area contributed by atoms with Gasteiger partial charge < -0.3 is 15.4 Å². The number of amides is 1. The van der Waals surface area contributed by atoms with Gasteiger partial charge in [-0.15, -0.1) is 0 Å². The maximum Gasteiger partial charge on any atom is 0.236 e. The molecule has 1 aromatic carbocycles. The molecule has 0 aromatic heterocycles. The lowest BCUT2D eigenvalue weighted by Gasteiger charge is -2.18. The molecule has 0 bridgehead atoms. The highest BCUT2D eigenvalue weighted by Crippen LogP contribution is 2.26. The third kappa shape index (κ3) is 2.02. The smallest absolute Gasteiger partial charge is 0.236 e. The molecule has 1 aliphatic rings. The second kappa shape index (κ2) is 4.53. The first-order chi connectivity index (χ1) is 7.72. The van der Waals surface area contributed by atoms with Gasteiger partial charge in [0.2, 0.25) is 5.91 Å². The minimum Gasteiger partial charge on any atom is -0.491 e. The zero-order chi connectivity index (χ0) is 11.5. The maximum absolute atomic E-state index is 11.6. The molecule has 1 aromatic rings. The molecule has 4 heteroatoms. The highest BCUT2D eigenvalue weighted by Gasteiger charge is 2.19. The minimum absolute atomic E-state index is 0.0297. The van der Waals surface area contributed by atoms with Crippen LogP contribution >= 0.6 is 0 Å². The summed E-state index contributed by atoms with van der Waals surface area (Å²) in [4.78, 5) is 13.3. The molecule has 1 aliphatic heterocycles. The molecule has 0 fully saturated rings. The summed E-state index contributed by atoms with van der Waals surface area (Å²) in [6.45, 7) is 3.79. The second-order valence-electron chi connectivity index (χ2n) is 3.93. The number of nitrogens with two attached hydrogens (primary N) is 1. The number of rotatable bonds is 1. The van der Waals surface area contributed by atoms with E-state index in [9.17, 15) is 4.79 Å². The Morgan fingerprint density at radius 3 is 3.12 bits per heavy atom. The van der Waals surface area contributed by atoms with Crippen LogP contribution in [0, 0.1) is 6.92 Å². The van der Waals surface area contributed by atoms with E-state index in [1.807, 2.05) is 25.1 Å². The Kier molecular flexibility index (Phi) is 3.10. The summed E-state index contributed by atoms with van der Waals surface area (Å²) in [6.07, 6.45) is 0. The monoisotopic (exact) mass is 220 g/mol. The largest absolute Gasteiger partial charge is 0.491 e. The van der Waals surface area contributed by atoms with Crippen molar-refractivity contribution in [2.24, 2.45) is 5.73 Å². The van der Waals surface area contributed by atoms with Crippen molar-refractivity contribution in [2.75, 3.05) is 19.7 Å². The predicted molar refractivity (Wildman–Crippen MR) is 61.1 cm³/mol. The number of nitrogens with zero attached hydrogens (tertiary/aromatic N) is 1. The van der Waals surface area contributed by atoms with Crippen LogP contribution in [0.25, 0.3) is 0 Å². The number of hydrogen-bond donors (Lipinski definition) is 1. The predicted octanol–water partition coefficient (Wildman–Crippen LogP) is 0.675.